The Kier molecular flexibility index (Phi) is 13.4. The lowest BCUT2D eigenvalue weighted by Crippen LogP contribution is -2.62. The van der Waals surface area contributed by atoms with Crippen LogP contribution in [-0.2, 0) is 32.6 Å². The fourth-order valence-electron chi connectivity index (χ4n) is 6.79. The van der Waals surface area contributed by atoms with Gasteiger partial charge in [0.1, 0.15) is 54.0 Å². The molecule has 0 saturated carbocycles. The molecule has 0 aliphatic carbocycles. The number of carbonyl (C=O) groups excluding carboxylic acids is 1. The van der Waals surface area contributed by atoms with Gasteiger partial charge < -0.3 is 53.8 Å². The number of hydrogen-bond acceptors (Lipinski definition) is 17. The van der Waals surface area contributed by atoms with Crippen molar-refractivity contribution in [2.24, 2.45) is 0 Å². The van der Waals surface area contributed by atoms with Gasteiger partial charge in [0.15, 0.2) is 23.0 Å². The van der Waals surface area contributed by atoms with E-state index in [0.717, 1.165) is 5.56 Å². The van der Waals surface area contributed by atoms with Crippen molar-refractivity contribution < 1.29 is 66.4 Å². The Labute approximate surface area is 370 Å². The normalized spacial score (nSPS) is 18.5. The Morgan fingerprint density at radius 1 is 0.754 bits per heavy atom. The molecule has 65 heavy (non-hydrogen) atoms. The van der Waals surface area contributed by atoms with Crippen molar-refractivity contribution in [2.45, 2.75) is 60.3 Å². The Balaban J connectivity index is 0.982. The summed E-state index contributed by atoms with van der Waals surface area (Å²) in [7, 11) is -4.11. The second kappa shape index (κ2) is 19.6. The molecule has 8 rings (SSSR count). The molecule has 0 spiro atoms. The SMILES string of the molecule is O=C(NCCCOc1nonc1S(=O)(=O)c1ccccc1)[C@H]1O[C@@H](Oc2cc3oc(-c4ccc(OCc5ccccc5)cc4)cc(=O)c3c(O)c2OCc2ccccc2)[C@H](O)[C@@H](O)[C@@H]1O. The molecule has 1 fully saturated rings. The van der Waals surface area contributed by atoms with Crippen LogP contribution in [-0.4, -0.2) is 88.9 Å². The number of aliphatic hydroxyl groups excluding tert-OH is 3. The number of carbonyl (C=O) groups is 1. The summed E-state index contributed by atoms with van der Waals surface area (Å²) < 4.78 is 65.8. The Morgan fingerprint density at radius 2 is 1.40 bits per heavy atom. The summed E-state index contributed by atoms with van der Waals surface area (Å²) in [4.78, 5) is 26.9. The molecule has 18 nitrogen and oxygen atoms in total. The minimum atomic E-state index is -4.11. The van der Waals surface area contributed by atoms with Gasteiger partial charge in [-0.05, 0) is 64.3 Å². The van der Waals surface area contributed by atoms with Crippen LogP contribution in [0.2, 0.25) is 0 Å². The van der Waals surface area contributed by atoms with E-state index in [2.05, 4.69) is 20.3 Å². The molecule has 7 aromatic rings. The van der Waals surface area contributed by atoms with E-state index < -0.39 is 62.7 Å². The summed E-state index contributed by atoms with van der Waals surface area (Å²) in [6.07, 6.45) is -9.40. The first-order valence-corrected chi connectivity index (χ1v) is 21.6. The molecule has 1 aliphatic rings. The zero-order valence-corrected chi connectivity index (χ0v) is 34.9. The molecule has 3 heterocycles. The van der Waals surface area contributed by atoms with Crippen LogP contribution in [0.5, 0.6) is 28.9 Å². The van der Waals surface area contributed by atoms with E-state index in [1.54, 1.807) is 72.8 Å². The maximum Gasteiger partial charge on any atom is 0.295 e. The van der Waals surface area contributed by atoms with Crippen molar-refractivity contribution in [2.75, 3.05) is 13.2 Å². The number of benzene rings is 5. The lowest BCUT2D eigenvalue weighted by Gasteiger charge is -2.39. The number of fused-ring (bicyclic) bond motifs is 1. The third kappa shape index (κ3) is 9.94. The Bertz CT molecular complexity index is 2900. The van der Waals surface area contributed by atoms with Crippen molar-refractivity contribution >= 4 is 26.7 Å². The number of phenols is 1. The third-order valence-electron chi connectivity index (χ3n) is 10.2. The monoisotopic (exact) mass is 907 g/mol. The van der Waals surface area contributed by atoms with Gasteiger partial charge in [0, 0.05) is 24.2 Å². The zero-order valence-electron chi connectivity index (χ0n) is 34.1. The highest BCUT2D eigenvalue weighted by molar-refractivity contribution is 7.91. The quantitative estimate of drug-likeness (QED) is 0.0798. The van der Waals surface area contributed by atoms with E-state index in [9.17, 15) is 38.4 Å². The van der Waals surface area contributed by atoms with Crippen LogP contribution < -0.4 is 29.7 Å². The van der Waals surface area contributed by atoms with Gasteiger partial charge in [-0.1, -0.05) is 78.9 Å². The minimum absolute atomic E-state index is 0.0502. The highest BCUT2D eigenvalue weighted by Crippen LogP contribution is 2.44. The van der Waals surface area contributed by atoms with Crippen LogP contribution >= 0.6 is 0 Å². The smallest absolute Gasteiger partial charge is 0.295 e. The van der Waals surface area contributed by atoms with Gasteiger partial charge in [0.05, 0.1) is 11.5 Å². The van der Waals surface area contributed by atoms with E-state index >= 15 is 0 Å². The third-order valence-corrected chi connectivity index (χ3v) is 11.8. The van der Waals surface area contributed by atoms with E-state index in [4.69, 9.17) is 28.1 Å². The molecule has 2 aromatic heterocycles. The summed E-state index contributed by atoms with van der Waals surface area (Å²) in [5.74, 6) is -1.91. The molecule has 1 amide bonds. The molecule has 19 heteroatoms. The maximum atomic E-state index is 13.6. The fourth-order valence-corrected chi connectivity index (χ4v) is 7.99. The number of nitrogens with zero attached hydrogens (tertiary/aromatic N) is 2. The number of sulfone groups is 1. The van der Waals surface area contributed by atoms with Gasteiger partial charge in [-0.3, -0.25) is 9.59 Å². The second-order valence-corrected chi connectivity index (χ2v) is 16.5. The van der Waals surface area contributed by atoms with Gasteiger partial charge in [-0.2, -0.15) is 0 Å². The lowest BCUT2D eigenvalue weighted by atomic mass is 9.98. The predicted molar refractivity (Wildman–Crippen MR) is 228 cm³/mol. The largest absolute Gasteiger partial charge is 0.504 e. The molecule has 5 atom stereocenters. The van der Waals surface area contributed by atoms with Crippen LogP contribution in [0.25, 0.3) is 22.3 Å². The Morgan fingerprint density at radius 3 is 2.08 bits per heavy atom. The van der Waals surface area contributed by atoms with Gasteiger partial charge >= 0.3 is 0 Å². The molecule has 5 N–H and O–H groups in total. The highest BCUT2D eigenvalue weighted by atomic mass is 32.2. The standard InChI is InChI=1S/C46H41N3O15S/c50-32-23-33(29-17-19-30(20-18-29)59-25-27-11-4-1-5-12-27)61-34-24-35(41(37(51)36(32)34)60-26-28-13-6-2-7-14-28)62-46-40(54)38(52)39(53)42(63-46)43(55)47-21-10-22-58-44-45(49-64-48-44)65(56,57)31-15-8-3-9-16-31/h1-9,11-20,23-24,38-40,42,46,51-54H,10,21-22,25-26H2,(H,47,55)/t38-,39-,40+,42-,46+/m0/s1. The molecule has 0 radical (unpaired) electrons. The van der Waals surface area contributed by atoms with Crippen LogP contribution in [0, 0.1) is 0 Å². The number of nitrogens with one attached hydrogen (secondary N) is 1. The first-order valence-electron chi connectivity index (χ1n) is 20.1. The van der Waals surface area contributed by atoms with Crippen LogP contribution in [0.4, 0.5) is 0 Å². The van der Waals surface area contributed by atoms with Crippen LogP contribution in [0.1, 0.15) is 17.5 Å². The van der Waals surface area contributed by atoms with Crippen molar-refractivity contribution in [3.63, 3.8) is 0 Å². The van der Waals surface area contributed by atoms with Gasteiger partial charge in [-0.15, -0.1) is 0 Å². The minimum Gasteiger partial charge on any atom is -0.504 e. The average Bonchev–Trinajstić information content (AvgIpc) is 3.81. The summed E-state index contributed by atoms with van der Waals surface area (Å²) in [5, 5.41) is 53.1. The van der Waals surface area contributed by atoms with Crippen molar-refractivity contribution in [1.82, 2.24) is 15.6 Å². The summed E-state index contributed by atoms with van der Waals surface area (Å²) >= 11 is 0. The first kappa shape index (κ1) is 44.3. The molecule has 5 aromatic carbocycles. The number of amides is 1. The molecule has 1 aliphatic heterocycles. The average molecular weight is 908 g/mol. The molecule has 0 unspecified atom stereocenters. The van der Waals surface area contributed by atoms with Crippen molar-refractivity contribution in [3.8, 4) is 40.2 Å². The van der Waals surface area contributed by atoms with Gasteiger partial charge in [-0.25, -0.2) is 13.0 Å². The van der Waals surface area contributed by atoms with E-state index in [1.807, 2.05) is 30.3 Å². The maximum absolute atomic E-state index is 13.6. The summed E-state index contributed by atoms with van der Waals surface area (Å²) in [5.41, 5.74) is 1.40. The summed E-state index contributed by atoms with van der Waals surface area (Å²) in [6, 6.07) is 35.2. The van der Waals surface area contributed by atoms with Crippen molar-refractivity contribution in [3.05, 3.63) is 149 Å². The Hall–Kier alpha value is -7.29. The predicted octanol–water partition coefficient (Wildman–Crippen LogP) is 4.31. The fraction of sp³-hybridized carbons (Fsp3) is 0.217. The van der Waals surface area contributed by atoms with Gasteiger partial charge in [0.25, 0.3) is 16.8 Å². The molecular formula is C46H41N3O15S. The number of rotatable bonds is 17. The van der Waals surface area contributed by atoms with E-state index in [1.165, 1.54) is 24.3 Å². The lowest BCUT2D eigenvalue weighted by molar-refractivity contribution is -0.267. The summed E-state index contributed by atoms with van der Waals surface area (Å²) in [6.45, 7) is -0.0190. The highest BCUT2D eigenvalue weighted by Gasteiger charge is 2.48. The van der Waals surface area contributed by atoms with E-state index in [0.29, 0.717) is 23.5 Å². The zero-order chi connectivity index (χ0) is 45.5. The topological polar surface area (TPSA) is 259 Å². The first-order chi connectivity index (χ1) is 31.5. The number of aromatic hydroxyl groups is 1. The molecule has 1 saturated heterocycles. The van der Waals surface area contributed by atoms with Crippen LogP contribution in [0.15, 0.2) is 151 Å². The molecular weight excluding hydrogens is 867 g/mol. The number of aliphatic hydroxyl groups is 3. The van der Waals surface area contributed by atoms with E-state index in [-0.39, 0.29) is 65.2 Å². The van der Waals surface area contributed by atoms with Crippen LogP contribution in [0.3, 0.4) is 0 Å². The second-order valence-electron chi connectivity index (χ2n) is 14.7. The molecule has 0 bridgehead atoms. The molecule has 336 valence electrons. The number of phenolic OH excluding ortho intramolecular Hbond substituents is 1. The van der Waals surface area contributed by atoms with Crippen molar-refractivity contribution in [1.29, 1.82) is 0 Å². The number of aromatic nitrogens is 2. The van der Waals surface area contributed by atoms with Gasteiger partial charge in [0.2, 0.25) is 21.9 Å². The number of ether oxygens (including phenoxy) is 5. The number of hydrogen-bond donors (Lipinski definition) is 5.